The third-order valence-corrected chi connectivity index (χ3v) is 5.23. The van der Waals surface area contributed by atoms with Gasteiger partial charge in [-0.15, -0.1) is 0 Å². The number of rotatable bonds is 6. The number of nitrogens with one attached hydrogen (secondary N) is 1. The maximum Gasteiger partial charge on any atom is 0.226 e. The van der Waals surface area contributed by atoms with Crippen molar-refractivity contribution in [1.82, 2.24) is 19.6 Å². The quantitative estimate of drug-likeness (QED) is 0.693. The number of carbonyl (C=O) groups excluding carboxylic acids is 1. The Bertz CT molecular complexity index is 983. The number of aromatic nitrogens is 4. The number of carbonyl (C=O) groups is 1. The topological polar surface area (TPSA) is 77.2 Å². The maximum atomic E-state index is 12.4. The fourth-order valence-corrected chi connectivity index (χ4v) is 3.75. The van der Waals surface area contributed by atoms with Crippen LogP contribution in [0.25, 0.3) is 11.0 Å². The number of hydrogen-bond acceptors (Lipinski definition) is 5. The zero-order valence-corrected chi connectivity index (χ0v) is 17.3. The second kappa shape index (κ2) is 8.24. The van der Waals surface area contributed by atoms with E-state index in [9.17, 15) is 4.79 Å². The summed E-state index contributed by atoms with van der Waals surface area (Å²) >= 11 is 0. The lowest BCUT2D eigenvalue weighted by molar-refractivity contribution is -0.116. The van der Waals surface area contributed by atoms with E-state index >= 15 is 0 Å². The molecule has 0 saturated carbocycles. The van der Waals surface area contributed by atoms with Gasteiger partial charge in [-0.25, -0.2) is 0 Å². The van der Waals surface area contributed by atoms with Gasteiger partial charge in [-0.05, 0) is 45.0 Å². The van der Waals surface area contributed by atoms with Crippen molar-refractivity contribution in [2.24, 2.45) is 0 Å². The summed E-state index contributed by atoms with van der Waals surface area (Å²) < 4.78 is 9.24. The Kier molecular flexibility index (Phi) is 5.53. The van der Waals surface area contributed by atoms with Gasteiger partial charge in [0.25, 0.3) is 0 Å². The highest BCUT2D eigenvalue weighted by atomic mass is 16.5. The van der Waals surface area contributed by atoms with Crippen molar-refractivity contribution < 1.29 is 9.53 Å². The highest BCUT2D eigenvalue weighted by molar-refractivity contribution is 5.91. The standard InChI is InChI=1S/C21H28N6O2/c1-15(2)27-19-14-22-26(21(19)16(3)24-27)9-8-20(28)23-17-4-6-18(7-5-17)25-10-12-29-13-11-25/h4-7,14-15H,8-13H2,1-3H3,(H,23,28). The van der Waals surface area contributed by atoms with Crippen LogP contribution in [0.15, 0.2) is 30.5 Å². The highest BCUT2D eigenvalue weighted by Gasteiger charge is 2.16. The van der Waals surface area contributed by atoms with Gasteiger partial charge in [-0.2, -0.15) is 10.2 Å². The zero-order valence-electron chi connectivity index (χ0n) is 17.3. The van der Waals surface area contributed by atoms with E-state index in [0.29, 0.717) is 13.0 Å². The predicted molar refractivity (Wildman–Crippen MR) is 113 cm³/mol. The lowest BCUT2D eigenvalue weighted by atomic mass is 10.2. The minimum absolute atomic E-state index is 0.0262. The van der Waals surface area contributed by atoms with Crippen LogP contribution >= 0.6 is 0 Å². The lowest BCUT2D eigenvalue weighted by Gasteiger charge is -2.28. The number of aryl methyl sites for hydroxylation is 2. The number of amides is 1. The van der Waals surface area contributed by atoms with Crippen LogP contribution in [0.4, 0.5) is 11.4 Å². The molecule has 0 unspecified atom stereocenters. The molecule has 3 heterocycles. The van der Waals surface area contributed by atoms with Crippen LogP contribution < -0.4 is 10.2 Å². The molecule has 2 aromatic heterocycles. The summed E-state index contributed by atoms with van der Waals surface area (Å²) in [5.41, 5.74) is 4.91. The molecular weight excluding hydrogens is 368 g/mol. The number of fused-ring (bicyclic) bond motifs is 1. The zero-order chi connectivity index (χ0) is 20.4. The van der Waals surface area contributed by atoms with E-state index in [4.69, 9.17) is 4.74 Å². The molecule has 3 aromatic rings. The van der Waals surface area contributed by atoms with Gasteiger partial charge >= 0.3 is 0 Å². The van der Waals surface area contributed by atoms with Crippen LogP contribution in [-0.4, -0.2) is 51.8 Å². The van der Waals surface area contributed by atoms with Crippen molar-refractivity contribution in [3.63, 3.8) is 0 Å². The number of morpholine rings is 1. The first-order valence-electron chi connectivity index (χ1n) is 10.2. The fraction of sp³-hybridized carbons (Fsp3) is 0.476. The van der Waals surface area contributed by atoms with Gasteiger partial charge in [0.2, 0.25) is 5.91 Å². The Morgan fingerprint density at radius 1 is 1.21 bits per heavy atom. The third kappa shape index (κ3) is 4.12. The molecule has 1 N–H and O–H groups in total. The number of benzene rings is 1. The van der Waals surface area contributed by atoms with Gasteiger partial charge in [0.1, 0.15) is 11.0 Å². The van der Waals surface area contributed by atoms with Gasteiger partial charge < -0.3 is 15.0 Å². The number of anilines is 2. The predicted octanol–water partition coefficient (Wildman–Crippen LogP) is 2.99. The number of ether oxygens (including phenoxy) is 1. The Labute approximate surface area is 170 Å². The van der Waals surface area contributed by atoms with Crippen molar-refractivity contribution >= 4 is 28.3 Å². The van der Waals surface area contributed by atoms with Crippen LogP contribution in [0.1, 0.15) is 32.0 Å². The summed E-state index contributed by atoms with van der Waals surface area (Å²) in [6, 6.07) is 8.26. The SMILES string of the molecule is Cc1nn(C(C)C)c2cnn(CCC(=O)Nc3ccc(N4CCOCC4)cc3)c12. The molecule has 29 heavy (non-hydrogen) atoms. The van der Waals surface area contributed by atoms with Crippen LogP contribution in [-0.2, 0) is 16.1 Å². The normalized spacial score (nSPS) is 14.7. The Morgan fingerprint density at radius 2 is 1.93 bits per heavy atom. The molecule has 0 aliphatic carbocycles. The van der Waals surface area contributed by atoms with E-state index in [1.807, 2.05) is 46.7 Å². The third-order valence-electron chi connectivity index (χ3n) is 5.23. The number of hydrogen-bond donors (Lipinski definition) is 1. The fourth-order valence-electron chi connectivity index (χ4n) is 3.75. The van der Waals surface area contributed by atoms with Gasteiger partial charge in [0.05, 0.1) is 31.6 Å². The molecular formula is C21H28N6O2. The Hall–Kier alpha value is -2.87. The summed E-state index contributed by atoms with van der Waals surface area (Å²) in [6.45, 7) is 10.0. The van der Waals surface area contributed by atoms with Gasteiger partial charge in [0, 0.05) is 36.9 Å². The van der Waals surface area contributed by atoms with Crippen LogP contribution in [0.2, 0.25) is 0 Å². The monoisotopic (exact) mass is 396 g/mol. The highest BCUT2D eigenvalue weighted by Crippen LogP contribution is 2.22. The molecule has 1 amide bonds. The molecule has 0 bridgehead atoms. The second-order valence-electron chi connectivity index (χ2n) is 7.67. The summed E-state index contributed by atoms with van der Waals surface area (Å²) in [4.78, 5) is 14.7. The second-order valence-corrected chi connectivity index (χ2v) is 7.67. The summed E-state index contributed by atoms with van der Waals surface area (Å²) in [6.07, 6.45) is 2.19. The largest absolute Gasteiger partial charge is 0.378 e. The first-order chi connectivity index (χ1) is 14.0. The minimum Gasteiger partial charge on any atom is -0.378 e. The van der Waals surface area contributed by atoms with Gasteiger partial charge in [0.15, 0.2) is 0 Å². The van der Waals surface area contributed by atoms with E-state index in [-0.39, 0.29) is 11.9 Å². The van der Waals surface area contributed by atoms with E-state index in [2.05, 4.69) is 34.3 Å². The molecule has 1 saturated heterocycles. The summed E-state index contributed by atoms with van der Waals surface area (Å²) in [5.74, 6) is -0.0262. The Morgan fingerprint density at radius 3 is 2.62 bits per heavy atom. The Balaban J connectivity index is 1.36. The van der Waals surface area contributed by atoms with Crippen molar-refractivity contribution in [2.45, 2.75) is 39.8 Å². The van der Waals surface area contributed by atoms with E-state index < -0.39 is 0 Å². The maximum absolute atomic E-state index is 12.4. The lowest BCUT2D eigenvalue weighted by Crippen LogP contribution is -2.36. The molecule has 0 radical (unpaired) electrons. The molecule has 0 spiro atoms. The minimum atomic E-state index is -0.0262. The first kappa shape index (κ1) is 19.4. The average molecular weight is 396 g/mol. The van der Waals surface area contributed by atoms with Gasteiger partial charge in [-0.3, -0.25) is 14.2 Å². The molecule has 154 valence electrons. The smallest absolute Gasteiger partial charge is 0.226 e. The van der Waals surface area contributed by atoms with E-state index in [1.165, 1.54) is 0 Å². The molecule has 0 atom stereocenters. The summed E-state index contributed by atoms with van der Waals surface area (Å²) in [7, 11) is 0. The van der Waals surface area contributed by atoms with Crippen LogP contribution in [0.3, 0.4) is 0 Å². The molecule has 1 aromatic carbocycles. The van der Waals surface area contributed by atoms with Crippen LogP contribution in [0.5, 0.6) is 0 Å². The molecule has 4 rings (SSSR count). The van der Waals surface area contributed by atoms with Crippen molar-refractivity contribution in [2.75, 3.05) is 36.5 Å². The molecule has 8 nitrogen and oxygen atoms in total. The molecule has 1 aliphatic rings. The summed E-state index contributed by atoms with van der Waals surface area (Å²) in [5, 5.41) is 12.0. The first-order valence-corrected chi connectivity index (χ1v) is 10.2. The van der Waals surface area contributed by atoms with E-state index in [1.54, 1.807) is 0 Å². The molecule has 1 aliphatic heterocycles. The molecule has 8 heteroatoms. The van der Waals surface area contributed by atoms with Crippen molar-refractivity contribution in [3.8, 4) is 0 Å². The van der Waals surface area contributed by atoms with Crippen molar-refractivity contribution in [1.29, 1.82) is 0 Å². The number of nitrogens with zero attached hydrogens (tertiary/aromatic N) is 5. The average Bonchev–Trinajstić information content (AvgIpc) is 3.29. The van der Waals surface area contributed by atoms with Crippen LogP contribution in [0, 0.1) is 6.92 Å². The van der Waals surface area contributed by atoms with Crippen molar-refractivity contribution in [3.05, 3.63) is 36.2 Å². The molecule has 1 fully saturated rings. The van der Waals surface area contributed by atoms with E-state index in [0.717, 1.165) is 54.4 Å². The van der Waals surface area contributed by atoms with Gasteiger partial charge in [-0.1, -0.05) is 0 Å².